The molecular weight excluding hydrogens is 382 g/mol. The van der Waals surface area contributed by atoms with Crippen LogP contribution in [0.4, 0.5) is 0 Å². The van der Waals surface area contributed by atoms with Gasteiger partial charge in [0.25, 0.3) is 5.91 Å². The van der Waals surface area contributed by atoms with Crippen molar-refractivity contribution in [3.63, 3.8) is 0 Å². The van der Waals surface area contributed by atoms with Crippen LogP contribution in [0.2, 0.25) is 0 Å². The Hall–Kier alpha value is -4.05. The van der Waals surface area contributed by atoms with E-state index in [4.69, 9.17) is 14.4 Å². The van der Waals surface area contributed by atoms with Gasteiger partial charge >= 0.3 is 0 Å². The highest BCUT2D eigenvalue weighted by molar-refractivity contribution is 5.91. The summed E-state index contributed by atoms with van der Waals surface area (Å²) in [6, 6.07) is 21.6. The highest BCUT2D eigenvalue weighted by Gasteiger charge is 2.12. The first-order chi connectivity index (χ1) is 14.7. The zero-order valence-corrected chi connectivity index (χ0v) is 16.3. The molecule has 2 aromatic carbocycles. The Morgan fingerprint density at radius 2 is 1.67 bits per heavy atom. The minimum atomic E-state index is -0.379. The standard InChI is InChI=1S/C23H21N3O4/c24-15-18-8-4-5-9-20(18)29-16-19-10-11-21(30-19)23(28)26-13-12-25-22(27)14-17-6-2-1-3-7-17/h1-11H,12-14,16H2,(H,25,27)(H,26,28). The molecule has 7 nitrogen and oxygen atoms in total. The van der Waals surface area contributed by atoms with Crippen molar-refractivity contribution in [1.29, 1.82) is 5.26 Å². The lowest BCUT2D eigenvalue weighted by Crippen LogP contribution is -2.35. The number of para-hydroxylation sites is 1. The first kappa shape index (κ1) is 20.7. The largest absolute Gasteiger partial charge is 0.484 e. The van der Waals surface area contributed by atoms with Crippen molar-refractivity contribution in [3.05, 3.63) is 89.4 Å². The fraction of sp³-hybridized carbons (Fsp3) is 0.174. The van der Waals surface area contributed by atoms with E-state index in [1.807, 2.05) is 30.3 Å². The van der Waals surface area contributed by atoms with Gasteiger partial charge in [0, 0.05) is 13.1 Å². The van der Waals surface area contributed by atoms with Gasteiger partial charge in [0.05, 0.1) is 12.0 Å². The fourth-order valence-corrected chi connectivity index (χ4v) is 2.72. The van der Waals surface area contributed by atoms with E-state index in [-0.39, 0.29) is 30.7 Å². The summed E-state index contributed by atoms with van der Waals surface area (Å²) < 4.78 is 11.1. The Morgan fingerprint density at radius 1 is 0.933 bits per heavy atom. The number of furan rings is 1. The molecule has 0 aliphatic rings. The number of rotatable bonds is 9. The minimum Gasteiger partial charge on any atom is -0.484 e. The second-order valence-corrected chi connectivity index (χ2v) is 6.43. The summed E-state index contributed by atoms with van der Waals surface area (Å²) in [6.45, 7) is 0.696. The van der Waals surface area contributed by atoms with Gasteiger partial charge in [-0.1, -0.05) is 42.5 Å². The van der Waals surface area contributed by atoms with Crippen LogP contribution in [0.5, 0.6) is 5.75 Å². The average molecular weight is 403 g/mol. The molecule has 0 saturated heterocycles. The van der Waals surface area contributed by atoms with Crippen LogP contribution in [0.1, 0.15) is 27.4 Å². The van der Waals surface area contributed by atoms with E-state index in [0.717, 1.165) is 5.56 Å². The molecule has 3 aromatic rings. The summed E-state index contributed by atoms with van der Waals surface area (Å²) in [5.41, 5.74) is 1.36. The number of carbonyl (C=O) groups excluding carboxylic acids is 2. The smallest absolute Gasteiger partial charge is 0.287 e. The van der Waals surface area contributed by atoms with Crippen LogP contribution in [0.25, 0.3) is 0 Å². The monoisotopic (exact) mass is 403 g/mol. The van der Waals surface area contributed by atoms with Gasteiger partial charge < -0.3 is 19.8 Å². The molecule has 1 heterocycles. The number of carbonyl (C=O) groups is 2. The lowest BCUT2D eigenvalue weighted by molar-refractivity contribution is -0.120. The lowest BCUT2D eigenvalue weighted by Gasteiger charge is -2.07. The molecule has 0 fully saturated rings. The molecule has 7 heteroatoms. The molecule has 0 unspecified atom stereocenters. The predicted octanol–water partition coefficient (Wildman–Crippen LogP) is 2.82. The minimum absolute atomic E-state index is 0.0987. The number of nitriles is 1. The quantitative estimate of drug-likeness (QED) is 0.535. The number of hydrogen-bond donors (Lipinski definition) is 2. The highest BCUT2D eigenvalue weighted by Crippen LogP contribution is 2.19. The molecular formula is C23H21N3O4. The van der Waals surface area contributed by atoms with Crippen molar-refractivity contribution < 1.29 is 18.7 Å². The normalized spacial score (nSPS) is 10.1. The van der Waals surface area contributed by atoms with Gasteiger partial charge in [0.15, 0.2) is 5.76 Å². The molecule has 152 valence electrons. The van der Waals surface area contributed by atoms with Gasteiger partial charge in [0.2, 0.25) is 5.91 Å². The van der Waals surface area contributed by atoms with E-state index in [2.05, 4.69) is 16.7 Å². The maximum Gasteiger partial charge on any atom is 0.287 e. The van der Waals surface area contributed by atoms with E-state index in [1.165, 1.54) is 0 Å². The van der Waals surface area contributed by atoms with Gasteiger partial charge in [-0.3, -0.25) is 9.59 Å². The Kier molecular flexibility index (Phi) is 7.23. The van der Waals surface area contributed by atoms with Crippen molar-refractivity contribution in [2.45, 2.75) is 13.0 Å². The SMILES string of the molecule is N#Cc1ccccc1OCc1ccc(C(=O)NCCNC(=O)Cc2ccccc2)o1. The van der Waals surface area contributed by atoms with Crippen LogP contribution >= 0.6 is 0 Å². The first-order valence-electron chi connectivity index (χ1n) is 9.45. The molecule has 2 amide bonds. The molecule has 0 saturated carbocycles. The van der Waals surface area contributed by atoms with Crippen molar-refractivity contribution in [2.24, 2.45) is 0 Å². The van der Waals surface area contributed by atoms with Crippen LogP contribution in [0.3, 0.4) is 0 Å². The second-order valence-electron chi connectivity index (χ2n) is 6.43. The highest BCUT2D eigenvalue weighted by atomic mass is 16.5. The van der Waals surface area contributed by atoms with Gasteiger partial charge in [-0.2, -0.15) is 5.26 Å². The molecule has 1 aromatic heterocycles. The number of amides is 2. The van der Waals surface area contributed by atoms with E-state index < -0.39 is 0 Å². The predicted molar refractivity (Wildman–Crippen MR) is 110 cm³/mol. The lowest BCUT2D eigenvalue weighted by atomic mass is 10.1. The number of hydrogen-bond acceptors (Lipinski definition) is 5. The van der Waals surface area contributed by atoms with Gasteiger partial charge in [0.1, 0.15) is 24.2 Å². The summed E-state index contributed by atoms with van der Waals surface area (Å²) in [5.74, 6) is 0.581. The Morgan fingerprint density at radius 3 is 2.47 bits per heavy atom. The van der Waals surface area contributed by atoms with Crippen LogP contribution in [-0.4, -0.2) is 24.9 Å². The van der Waals surface area contributed by atoms with Crippen molar-refractivity contribution in [1.82, 2.24) is 10.6 Å². The van der Waals surface area contributed by atoms with Gasteiger partial charge in [-0.05, 0) is 29.8 Å². The zero-order chi connectivity index (χ0) is 21.2. The number of nitrogens with one attached hydrogen (secondary N) is 2. The third kappa shape index (κ3) is 5.97. The second kappa shape index (κ2) is 10.5. The topological polar surface area (TPSA) is 104 Å². The Bertz CT molecular complexity index is 1040. The summed E-state index contributed by atoms with van der Waals surface area (Å²) in [4.78, 5) is 24.1. The summed E-state index contributed by atoms with van der Waals surface area (Å²) in [5, 5.41) is 14.5. The molecule has 30 heavy (non-hydrogen) atoms. The van der Waals surface area contributed by atoms with E-state index in [9.17, 15) is 9.59 Å². The number of ether oxygens (including phenoxy) is 1. The molecule has 0 bridgehead atoms. The van der Waals surface area contributed by atoms with Gasteiger partial charge in [-0.15, -0.1) is 0 Å². The zero-order valence-electron chi connectivity index (χ0n) is 16.3. The van der Waals surface area contributed by atoms with Crippen molar-refractivity contribution >= 4 is 11.8 Å². The molecule has 0 radical (unpaired) electrons. The molecule has 3 rings (SSSR count). The molecule has 0 aliphatic carbocycles. The molecule has 0 spiro atoms. The van der Waals surface area contributed by atoms with Crippen LogP contribution in [0, 0.1) is 11.3 Å². The Labute approximate surface area is 174 Å². The molecule has 2 N–H and O–H groups in total. The van der Waals surface area contributed by atoms with E-state index >= 15 is 0 Å². The third-order valence-corrected chi connectivity index (χ3v) is 4.20. The van der Waals surface area contributed by atoms with Crippen molar-refractivity contribution in [2.75, 3.05) is 13.1 Å². The van der Waals surface area contributed by atoms with Crippen LogP contribution < -0.4 is 15.4 Å². The third-order valence-electron chi connectivity index (χ3n) is 4.20. The van der Waals surface area contributed by atoms with Crippen LogP contribution in [0.15, 0.2) is 71.1 Å². The summed E-state index contributed by atoms with van der Waals surface area (Å²) in [6.07, 6.45) is 0.297. The molecule has 0 aliphatic heterocycles. The molecule has 0 atom stereocenters. The van der Waals surface area contributed by atoms with Crippen molar-refractivity contribution in [3.8, 4) is 11.8 Å². The van der Waals surface area contributed by atoms with Gasteiger partial charge in [-0.25, -0.2) is 0 Å². The average Bonchev–Trinajstić information content (AvgIpc) is 3.25. The number of benzene rings is 2. The summed E-state index contributed by atoms with van der Waals surface area (Å²) >= 11 is 0. The summed E-state index contributed by atoms with van der Waals surface area (Å²) in [7, 11) is 0. The maximum atomic E-state index is 12.2. The first-order valence-corrected chi connectivity index (χ1v) is 9.45. The maximum absolute atomic E-state index is 12.2. The van der Waals surface area contributed by atoms with E-state index in [1.54, 1.807) is 36.4 Å². The fourth-order valence-electron chi connectivity index (χ4n) is 2.72. The van der Waals surface area contributed by atoms with Crippen LogP contribution in [-0.2, 0) is 17.8 Å². The Balaban J connectivity index is 1.39. The number of nitrogens with zero attached hydrogens (tertiary/aromatic N) is 1. The van der Waals surface area contributed by atoms with E-state index in [0.29, 0.717) is 30.0 Å².